The summed E-state index contributed by atoms with van der Waals surface area (Å²) in [6.45, 7) is 3.12. The highest BCUT2D eigenvalue weighted by molar-refractivity contribution is 9.12. The van der Waals surface area contributed by atoms with Crippen molar-refractivity contribution in [3.63, 3.8) is 0 Å². The Bertz CT molecular complexity index is 544. The van der Waals surface area contributed by atoms with Gasteiger partial charge in [-0.05, 0) is 44.3 Å². The Labute approximate surface area is 131 Å². The average molecular weight is 411 g/mol. The Balaban J connectivity index is 2.08. The minimum atomic E-state index is -0.370. The number of hydrogen-bond acceptors (Lipinski definition) is 6. The molecule has 0 aliphatic rings. The van der Waals surface area contributed by atoms with Crippen LogP contribution in [0.3, 0.4) is 0 Å². The van der Waals surface area contributed by atoms with Gasteiger partial charge in [0, 0.05) is 6.61 Å². The number of nitrogens with two attached hydrogens (primary N) is 1. The maximum atomic E-state index is 5.94. The molecule has 19 heavy (non-hydrogen) atoms. The topological polar surface area (TPSA) is 74.2 Å². The monoisotopic (exact) mass is 409 g/mol. The van der Waals surface area contributed by atoms with Gasteiger partial charge in [0.05, 0.1) is 25.8 Å². The molecule has 0 saturated carbocycles. The fourth-order valence-electron chi connectivity index (χ4n) is 1.41. The van der Waals surface area contributed by atoms with E-state index in [9.17, 15) is 0 Å². The van der Waals surface area contributed by atoms with Crippen molar-refractivity contribution in [1.29, 1.82) is 0 Å². The number of thiophene rings is 1. The van der Waals surface area contributed by atoms with Crippen molar-refractivity contribution in [2.75, 3.05) is 13.2 Å². The van der Waals surface area contributed by atoms with Crippen LogP contribution in [0.1, 0.15) is 25.2 Å². The molecule has 1 unspecified atom stereocenters. The number of ether oxygens (including phenoxy) is 1. The van der Waals surface area contributed by atoms with Crippen LogP contribution in [0.5, 0.6) is 0 Å². The zero-order chi connectivity index (χ0) is 13.8. The Hall–Kier alpha value is -0.280. The summed E-state index contributed by atoms with van der Waals surface area (Å²) >= 11 is 8.42. The first-order valence-electron chi connectivity index (χ1n) is 5.74. The van der Waals surface area contributed by atoms with Crippen LogP contribution in [0.4, 0.5) is 0 Å². The quantitative estimate of drug-likeness (QED) is 0.734. The molecule has 104 valence electrons. The van der Waals surface area contributed by atoms with Gasteiger partial charge in [0.2, 0.25) is 0 Å². The van der Waals surface area contributed by atoms with E-state index in [4.69, 9.17) is 15.0 Å². The van der Waals surface area contributed by atoms with E-state index in [1.807, 2.05) is 13.0 Å². The minimum Gasteiger partial charge on any atom is -0.379 e. The second kappa shape index (κ2) is 6.94. The number of halogens is 2. The van der Waals surface area contributed by atoms with Crippen LogP contribution >= 0.6 is 43.2 Å². The van der Waals surface area contributed by atoms with Gasteiger partial charge in [-0.3, -0.25) is 0 Å². The number of nitrogens with zero attached hydrogens (tertiary/aromatic N) is 2. The molecule has 2 aromatic heterocycles. The summed E-state index contributed by atoms with van der Waals surface area (Å²) in [5, 5.41) is 3.90. The Morgan fingerprint density at radius 3 is 2.95 bits per heavy atom. The van der Waals surface area contributed by atoms with E-state index in [-0.39, 0.29) is 6.04 Å². The first kappa shape index (κ1) is 15.1. The van der Waals surface area contributed by atoms with Gasteiger partial charge in [-0.25, -0.2) is 0 Å². The zero-order valence-electron chi connectivity index (χ0n) is 10.2. The third-order valence-corrected chi connectivity index (χ3v) is 4.65. The summed E-state index contributed by atoms with van der Waals surface area (Å²) in [6, 6.07) is 1.55. The van der Waals surface area contributed by atoms with Crippen molar-refractivity contribution >= 4 is 43.2 Å². The van der Waals surface area contributed by atoms with Crippen LogP contribution in [0, 0.1) is 0 Å². The maximum absolute atomic E-state index is 5.94. The molecule has 0 bridgehead atoms. The van der Waals surface area contributed by atoms with Gasteiger partial charge in [0.25, 0.3) is 5.89 Å². The second-order valence-corrected chi connectivity index (χ2v) is 7.63. The molecule has 0 amide bonds. The summed E-state index contributed by atoms with van der Waals surface area (Å²) in [5.74, 6) is 0.912. The van der Waals surface area contributed by atoms with E-state index in [2.05, 4.69) is 42.0 Å². The Morgan fingerprint density at radius 2 is 2.32 bits per heavy atom. The zero-order valence-corrected chi connectivity index (χ0v) is 14.2. The first-order chi connectivity index (χ1) is 9.11. The summed E-state index contributed by atoms with van der Waals surface area (Å²) < 4.78 is 12.5. The lowest BCUT2D eigenvalue weighted by Gasteiger charge is -2.06. The summed E-state index contributed by atoms with van der Waals surface area (Å²) in [6.07, 6.45) is 0.958. The van der Waals surface area contributed by atoms with Crippen molar-refractivity contribution in [1.82, 2.24) is 10.1 Å². The van der Waals surface area contributed by atoms with Gasteiger partial charge >= 0.3 is 0 Å². The molecule has 5 nitrogen and oxygen atoms in total. The molecule has 2 heterocycles. The molecule has 2 rings (SSSR count). The van der Waals surface area contributed by atoms with E-state index in [0.717, 1.165) is 19.6 Å². The van der Waals surface area contributed by atoms with Crippen molar-refractivity contribution in [3.05, 3.63) is 19.5 Å². The molecule has 0 radical (unpaired) electrons. The normalized spacial score (nSPS) is 12.8. The van der Waals surface area contributed by atoms with Gasteiger partial charge in [-0.2, -0.15) is 4.98 Å². The summed E-state index contributed by atoms with van der Waals surface area (Å²) in [5.41, 5.74) is 6.80. The summed E-state index contributed by atoms with van der Waals surface area (Å²) in [7, 11) is 0. The first-order valence-corrected chi connectivity index (χ1v) is 8.14. The van der Waals surface area contributed by atoms with Gasteiger partial charge in [0.15, 0.2) is 5.82 Å². The lowest BCUT2D eigenvalue weighted by molar-refractivity contribution is 0.119. The molecule has 0 aliphatic carbocycles. The van der Waals surface area contributed by atoms with Crippen LogP contribution in [-0.2, 0) is 4.74 Å². The molecule has 2 aromatic rings. The van der Waals surface area contributed by atoms with Crippen LogP contribution < -0.4 is 5.73 Å². The van der Waals surface area contributed by atoms with Crippen molar-refractivity contribution < 1.29 is 9.26 Å². The molecule has 1 atom stereocenters. The molecular formula is C11H13Br2N3O2S. The van der Waals surface area contributed by atoms with Crippen molar-refractivity contribution in [2.45, 2.75) is 19.4 Å². The lowest BCUT2D eigenvalue weighted by Crippen LogP contribution is -2.18. The predicted molar refractivity (Wildman–Crippen MR) is 81.0 cm³/mol. The number of rotatable bonds is 6. The molecule has 8 heteroatoms. The minimum absolute atomic E-state index is 0.370. The molecule has 0 spiro atoms. The molecule has 2 N–H and O–H groups in total. The Kier molecular flexibility index (Phi) is 5.52. The Morgan fingerprint density at radius 1 is 1.53 bits per heavy atom. The number of hydrogen-bond donors (Lipinski definition) is 1. The third kappa shape index (κ3) is 3.85. The van der Waals surface area contributed by atoms with Crippen molar-refractivity contribution in [3.8, 4) is 11.5 Å². The third-order valence-electron chi connectivity index (χ3n) is 2.31. The molecular weight excluding hydrogens is 398 g/mol. The fraction of sp³-hybridized carbons (Fsp3) is 0.455. The fourth-order valence-corrected chi connectivity index (χ4v) is 4.19. The van der Waals surface area contributed by atoms with E-state index in [0.29, 0.717) is 24.9 Å². The van der Waals surface area contributed by atoms with E-state index >= 15 is 0 Å². The number of aromatic nitrogens is 2. The molecule has 0 saturated heterocycles. The van der Waals surface area contributed by atoms with E-state index in [1.165, 1.54) is 0 Å². The highest BCUT2D eigenvalue weighted by Crippen LogP contribution is 2.37. The lowest BCUT2D eigenvalue weighted by atomic mass is 10.3. The van der Waals surface area contributed by atoms with E-state index < -0.39 is 0 Å². The van der Waals surface area contributed by atoms with Gasteiger partial charge < -0.3 is 15.0 Å². The second-order valence-electron chi connectivity index (χ2n) is 3.88. The molecule has 0 aromatic carbocycles. The SMILES string of the molecule is CCCOCC(N)c1noc(-c2cc(Br)sc2Br)n1. The molecule has 0 aliphatic heterocycles. The standard InChI is InChI=1S/C11H13Br2N3O2S/c1-2-3-17-5-7(14)10-15-11(18-16-10)6-4-8(12)19-9(6)13/h4,7H,2-3,5,14H2,1H3. The molecule has 0 fully saturated rings. The van der Waals surface area contributed by atoms with E-state index in [1.54, 1.807) is 11.3 Å². The van der Waals surface area contributed by atoms with Crippen LogP contribution in [0.25, 0.3) is 11.5 Å². The van der Waals surface area contributed by atoms with Crippen LogP contribution in [0.2, 0.25) is 0 Å². The van der Waals surface area contributed by atoms with Crippen LogP contribution in [0.15, 0.2) is 18.2 Å². The maximum Gasteiger partial charge on any atom is 0.260 e. The van der Waals surface area contributed by atoms with Gasteiger partial charge in [-0.15, -0.1) is 11.3 Å². The smallest absolute Gasteiger partial charge is 0.260 e. The summed E-state index contributed by atoms with van der Waals surface area (Å²) in [4.78, 5) is 4.31. The van der Waals surface area contributed by atoms with Crippen LogP contribution in [-0.4, -0.2) is 23.4 Å². The van der Waals surface area contributed by atoms with Gasteiger partial charge in [0.1, 0.15) is 0 Å². The van der Waals surface area contributed by atoms with Crippen molar-refractivity contribution in [2.24, 2.45) is 5.73 Å². The largest absolute Gasteiger partial charge is 0.379 e. The average Bonchev–Trinajstić information content (AvgIpc) is 2.96. The highest BCUT2D eigenvalue weighted by Gasteiger charge is 2.18. The highest BCUT2D eigenvalue weighted by atomic mass is 79.9. The van der Waals surface area contributed by atoms with Gasteiger partial charge in [-0.1, -0.05) is 12.1 Å². The predicted octanol–water partition coefficient (Wildman–Crippen LogP) is 3.75.